The zero-order valence-electron chi connectivity index (χ0n) is 12.1. The Balaban J connectivity index is 2.08. The lowest BCUT2D eigenvalue weighted by Gasteiger charge is -2.45. The number of rotatable bonds is 3. The second kappa shape index (κ2) is 7.01. The molecule has 0 spiro atoms. The van der Waals surface area contributed by atoms with Crippen molar-refractivity contribution in [1.82, 2.24) is 0 Å². The van der Waals surface area contributed by atoms with Gasteiger partial charge in [-0.05, 0) is 6.42 Å². The van der Waals surface area contributed by atoms with Crippen molar-refractivity contribution in [2.45, 2.75) is 67.5 Å². The van der Waals surface area contributed by atoms with E-state index in [1.54, 1.807) is 0 Å². The molecule has 10 nitrogen and oxygen atoms in total. The van der Waals surface area contributed by atoms with Crippen LogP contribution in [0.5, 0.6) is 0 Å². The highest BCUT2D eigenvalue weighted by atomic mass is 16.7. The van der Waals surface area contributed by atoms with Gasteiger partial charge in [0.1, 0.15) is 30.5 Å². The number of aliphatic hydroxyl groups excluding tert-OH is 4. The van der Waals surface area contributed by atoms with Gasteiger partial charge in [0.05, 0.1) is 12.1 Å². The van der Waals surface area contributed by atoms with E-state index < -0.39 is 61.0 Å². The Morgan fingerprint density at radius 3 is 2.14 bits per heavy atom. The molecule has 2 fully saturated rings. The molecular weight excluding hydrogens is 296 g/mol. The van der Waals surface area contributed by atoms with Crippen molar-refractivity contribution >= 4 is 0 Å². The monoisotopic (exact) mass is 322 g/mol. The summed E-state index contributed by atoms with van der Waals surface area (Å²) in [4.78, 5) is 0. The summed E-state index contributed by atoms with van der Waals surface area (Å²) in [5.41, 5.74) is 22.8. The number of hydrogen-bond donors (Lipinski definition) is 8. The molecule has 0 bridgehead atoms. The maximum Gasteiger partial charge on any atom is 0.176 e. The van der Waals surface area contributed by atoms with Gasteiger partial charge < -0.3 is 52.8 Å². The first-order valence-corrected chi connectivity index (χ1v) is 7.28. The molecule has 1 aliphatic carbocycles. The third-order valence-electron chi connectivity index (χ3n) is 4.36. The zero-order valence-corrected chi connectivity index (χ0v) is 12.1. The molecule has 2 rings (SSSR count). The van der Waals surface area contributed by atoms with E-state index in [2.05, 4.69) is 0 Å². The molecule has 2 aliphatic rings. The maximum atomic E-state index is 10.1. The lowest BCUT2D eigenvalue weighted by molar-refractivity contribution is -0.287. The lowest BCUT2D eigenvalue weighted by Crippen LogP contribution is -2.67. The van der Waals surface area contributed by atoms with Crippen LogP contribution in [0, 0.1) is 0 Å². The van der Waals surface area contributed by atoms with E-state index in [-0.39, 0.29) is 13.0 Å². The molecule has 0 aromatic heterocycles. The van der Waals surface area contributed by atoms with Crippen LogP contribution in [0.1, 0.15) is 6.42 Å². The smallest absolute Gasteiger partial charge is 0.176 e. The quantitative estimate of drug-likeness (QED) is 0.248. The number of nitrogens with two attached hydrogens (primary N) is 4. The first-order chi connectivity index (χ1) is 10.3. The van der Waals surface area contributed by atoms with Crippen molar-refractivity contribution in [3.63, 3.8) is 0 Å². The number of aliphatic hydroxyl groups is 4. The Hall–Kier alpha value is -0.400. The van der Waals surface area contributed by atoms with Crippen molar-refractivity contribution in [2.75, 3.05) is 6.54 Å². The SMILES string of the molecule is NC[C@@H]1O[C@H](O[C@H]2[C@@H](O)[C@@H](O)[C@H](N)C[C@@H]2N)[C@@H](N)[C@H](O)[C@H]1O. The highest BCUT2D eigenvalue weighted by Gasteiger charge is 2.47. The average Bonchev–Trinajstić information content (AvgIpc) is 2.49. The van der Waals surface area contributed by atoms with E-state index in [4.69, 9.17) is 32.4 Å². The van der Waals surface area contributed by atoms with Gasteiger partial charge in [-0.25, -0.2) is 0 Å². The zero-order chi connectivity index (χ0) is 16.6. The second-order valence-electron chi connectivity index (χ2n) is 5.98. The fourth-order valence-corrected chi connectivity index (χ4v) is 2.89. The van der Waals surface area contributed by atoms with Gasteiger partial charge in [-0.2, -0.15) is 0 Å². The highest BCUT2D eigenvalue weighted by Crippen LogP contribution is 2.26. The molecule has 10 heteroatoms. The summed E-state index contributed by atoms with van der Waals surface area (Å²) < 4.78 is 11.0. The minimum absolute atomic E-state index is 0.0441. The van der Waals surface area contributed by atoms with E-state index in [1.165, 1.54) is 0 Å². The minimum atomic E-state index is -1.31. The Morgan fingerprint density at radius 2 is 1.55 bits per heavy atom. The van der Waals surface area contributed by atoms with Crippen molar-refractivity contribution in [3.05, 3.63) is 0 Å². The van der Waals surface area contributed by atoms with Gasteiger partial charge in [0.15, 0.2) is 6.29 Å². The molecule has 1 aliphatic heterocycles. The summed E-state index contributed by atoms with van der Waals surface area (Å²) in [6.45, 7) is -0.0441. The first kappa shape index (κ1) is 17.9. The normalized spacial score (nSPS) is 53.5. The van der Waals surface area contributed by atoms with E-state index in [9.17, 15) is 20.4 Å². The molecule has 0 aromatic carbocycles. The van der Waals surface area contributed by atoms with Crippen LogP contribution < -0.4 is 22.9 Å². The fraction of sp³-hybridized carbons (Fsp3) is 1.00. The summed E-state index contributed by atoms with van der Waals surface area (Å²) in [6, 6.07) is -2.34. The molecule has 22 heavy (non-hydrogen) atoms. The second-order valence-corrected chi connectivity index (χ2v) is 5.98. The molecule has 0 radical (unpaired) electrons. The van der Waals surface area contributed by atoms with Crippen molar-refractivity contribution in [3.8, 4) is 0 Å². The molecule has 12 N–H and O–H groups in total. The minimum Gasteiger partial charge on any atom is -0.389 e. The topological polar surface area (TPSA) is 203 Å². The van der Waals surface area contributed by atoms with Crippen molar-refractivity contribution in [1.29, 1.82) is 0 Å². The van der Waals surface area contributed by atoms with E-state index >= 15 is 0 Å². The molecule has 0 amide bonds. The summed E-state index contributed by atoms with van der Waals surface area (Å²) in [6.07, 6.45) is -7.73. The van der Waals surface area contributed by atoms with Crippen LogP contribution in [-0.4, -0.2) is 88.0 Å². The molecular formula is C12H26N4O6. The third-order valence-corrected chi connectivity index (χ3v) is 4.36. The van der Waals surface area contributed by atoms with Crippen LogP contribution in [0.25, 0.3) is 0 Å². The van der Waals surface area contributed by atoms with Gasteiger partial charge in [-0.1, -0.05) is 0 Å². The van der Waals surface area contributed by atoms with Gasteiger partial charge in [0.2, 0.25) is 0 Å². The van der Waals surface area contributed by atoms with Crippen LogP contribution in [-0.2, 0) is 9.47 Å². The van der Waals surface area contributed by atoms with Crippen LogP contribution in [0.2, 0.25) is 0 Å². The first-order valence-electron chi connectivity index (χ1n) is 7.28. The van der Waals surface area contributed by atoms with Crippen molar-refractivity contribution in [2.24, 2.45) is 22.9 Å². The summed E-state index contributed by atoms with van der Waals surface area (Å²) >= 11 is 0. The third kappa shape index (κ3) is 3.26. The number of ether oxygens (including phenoxy) is 2. The number of hydrogen-bond acceptors (Lipinski definition) is 10. The fourth-order valence-electron chi connectivity index (χ4n) is 2.89. The molecule has 10 atom stereocenters. The predicted molar refractivity (Wildman–Crippen MR) is 75.2 cm³/mol. The molecule has 0 unspecified atom stereocenters. The molecule has 130 valence electrons. The maximum absolute atomic E-state index is 10.1. The van der Waals surface area contributed by atoms with Gasteiger partial charge in [0.25, 0.3) is 0 Å². The van der Waals surface area contributed by atoms with Gasteiger partial charge in [0, 0.05) is 18.6 Å². The van der Waals surface area contributed by atoms with Crippen LogP contribution >= 0.6 is 0 Å². The average molecular weight is 322 g/mol. The molecule has 1 heterocycles. The highest BCUT2D eigenvalue weighted by molar-refractivity contribution is 4.99. The van der Waals surface area contributed by atoms with Crippen molar-refractivity contribution < 1.29 is 29.9 Å². The molecule has 1 saturated carbocycles. The largest absolute Gasteiger partial charge is 0.389 e. The Kier molecular flexibility index (Phi) is 5.72. The predicted octanol–water partition coefficient (Wildman–Crippen LogP) is -5.12. The summed E-state index contributed by atoms with van der Waals surface area (Å²) in [5, 5.41) is 39.6. The van der Waals surface area contributed by atoms with Crippen LogP contribution in [0.3, 0.4) is 0 Å². The van der Waals surface area contributed by atoms with Gasteiger partial charge >= 0.3 is 0 Å². The van der Waals surface area contributed by atoms with E-state index in [0.29, 0.717) is 0 Å². The van der Waals surface area contributed by atoms with Crippen LogP contribution in [0.4, 0.5) is 0 Å². The summed E-state index contributed by atoms with van der Waals surface area (Å²) in [5.74, 6) is 0. The van der Waals surface area contributed by atoms with Gasteiger partial charge in [-0.3, -0.25) is 0 Å². The van der Waals surface area contributed by atoms with E-state index in [0.717, 1.165) is 0 Å². The Labute approximate surface area is 128 Å². The van der Waals surface area contributed by atoms with Crippen LogP contribution in [0.15, 0.2) is 0 Å². The lowest BCUT2D eigenvalue weighted by atomic mass is 9.84. The van der Waals surface area contributed by atoms with E-state index in [1.807, 2.05) is 0 Å². The molecule has 1 saturated heterocycles. The Bertz CT molecular complexity index is 376. The summed E-state index contributed by atoms with van der Waals surface area (Å²) in [7, 11) is 0. The Morgan fingerprint density at radius 1 is 0.909 bits per heavy atom. The molecule has 0 aromatic rings. The van der Waals surface area contributed by atoms with Gasteiger partial charge in [-0.15, -0.1) is 0 Å². The standard InChI is InChI=1S/C12H26N4O6/c13-2-5-8(18)9(19)6(16)12(21-5)22-11-4(15)1-3(14)7(17)10(11)20/h3-12,17-20H,1-2,13-16H2/t3-,4+,5+,6+,7+,8+,9+,10+,11-,12-/m1/s1.